The van der Waals surface area contributed by atoms with Crippen LogP contribution in [0.5, 0.6) is 0 Å². The van der Waals surface area contributed by atoms with Crippen LogP contribution in [0.2, 0.25) is 0 Å². The lowest BCUT2D eigenvalue weighted by Gasteiger charge is -2.33. The van der Waals surface area contributed by atoms with Crippen LogP contribution in [-0.4, -0.2) is 11.2 Å². The van der Waals surface area contributed by atoms with Gasteiger partial charge in [0.1, 0.15) is 11.2 Å². The third-order valence-electron chi connectivity index (χ3n) is 4.41. The molecule has 0 spiro atoms. The van der Waals surface area contributed by atoms with Gasteiger partial charge in [-0.1, -0.05) is 38.1 Å². The molecule has 0 amide bonds. The van der Waals surface area contributed by atoms with E-state index in [0.717, 1.165) is 24.0 Å². The van der Waals surface area contributed by atoms with Crippen LogP contribution in [0.1, 0.15) is 93.2 Å². The van der Waals surface area contributed by atoms with Crippen LogP contribution in [0.25, 0.3) is 0 Å². The van der Waals surface area contributed by atoms with Crippen molar-refractivity contribution < 1.29 is 19.6 Å². The summed E-state index contributed by atoms with van der Waals surface area (Å²) in [5, 5.41) is 0. The van der Waals surface area contributed by atoms with E-state index in [1.165, 1.54) is 0 Å². The lowest BCUT2D eigenvalue weighted by molar-refractivity contribution is -0.406. The van der Waals surface area contributed by atoms with Gasteiger partial charge in [-0.2, -0.15) is 0 Å². The molecule has 0 radical (unpaired) electrons. The van der Waals surface area contributed by atoms with Gasteiger partial charge in [0.2, 0.25) is 0 Å². The van der Waals surface area contributed by atoms with Crippen molar-refractivity contribution in [3.8, 4) is 0 Å². The zero-order chi connectivity index (χ0) is 20.2. The summed E-state index contributed by atoms with van der Waals surface area (Å²) in [5.41, 5.74) is 0.435. The standard InChI is InChI=1S/C22H38O4/c1-11-21(9,25-23-19(3,4)5)17-13-15-18(16-14-17)22(10,12-2)26-24-20(6,7)8/h13-16H,11-12H2,1-10H3. The fourth-order valence-electron chi connectivity index (χ4n) is 2.23. The first-order valence-corrected chi connectivity index (χ1v) is 9.59. The van der Waals surface area contributed by atoms with E-state index in [0.29, 0.717) is 0 Å². The van der Waals surface area contributed by atoms with Crippen molar-refractivity contribution in [2.75, 3.05) is 0 Å². The van der Waals surface area contributed by atoms with Crippen LogP contribution in [0.4, 0.5) is 0 Å². The Morgan fingerprint density at radius 1 is 0.538 bits per heavy atom. The Morgan fingerprint density at radius 2 is 0.808 bits per heavy atom. The maximum atomic E-state index is 5.82. The number of hydrogen-bond donors (Lipinski definition) is 0. The second-order valence-electron chi connectivity index (χ2n) is 9.30. The highest BCUT2D eigenvalue weighted by Gasteiger charge is 2.32. The summed E-state index contributed by atoms with van der Waals surface area (Å²) >= 11 is 0. The summed E-state index contributed by atoms with van der Waals surface area (Å²) in [7, 11) is 0. The van der Waals surface area contributed by atoms with E-state index >= 15 is 0 Å². The van der Waals surface area contributed by atoms with Gasteiger partial charge in [-0.15, -0.1) is 0 Å². The largest absolute Gasteiger partial charge is 0.230 e. The molecule has 0 heterocycles. The monoisotopic (exact) mass is 366 g/mol. The molecule has 0 aliphatic carbocycles. The maximum Gasteiger partial charge on any atom is 0.125 e. The fourth-order valence-corrected chi connectivity index (χ4v) is 2.23. The molecule has 0 fully saturated rings. The Balaban J connectivity index is 3.00. The summed E-state index contributed by atoms with van der Waals surface area (Å²) in [6.45, 7) is 20.1. The van der Waals surface area contributed by atoms with Gasteiger partial charge in [-0.05, 0) is 79.4 Å². The van der Waals surface area contributed by atoms with Crippen molar-refractivity contribution in [3.05, 3.63) is 35.4 Å². The van der Waals surface area contributed by atoms with Crippen molar-refractivity contribution in [2.45, 2.75) is 104 Å². The van der Waals surface area contributed by atoms with Crippen LogP contribution >= 0.6 is 0 Å². The molecule has 4 nitrogen and oxygen atoms in total. The molecule has 0 saturated carbocycles. The Kier molecular flexibility index (Phi) is 7.45. The zero-order valence-corrected chi connectivity index (χ0v) is 18.4. The summed E-state index contributed by atoms with van der Waals surface area (Å²) in [6.07, 6.45) is 1.61. The summed E-state index contributed by atoms with van der Waals surface area (Å²) in [4.78, 5) is 22.8. The molecule has 26 heavy (non-hydrogen) atoms. The van der Waals surface area contributed by atoms with Crippen molar-refractivity contribution >= 4 is 0 Å². The highest BCUT2D eigenvalue weighted by atomic mass is 17.2. The van der Waals surface area contributed by atoms with Gasteiger partial charge in [-0.3, -0.25) is 0 Å². The number of rotatable bonds is 8. The lowest BCUT2D eigenvalue weighted by Crippen LogP contribution is -2.32. The first-order valence-electron chi connectivity index (χ1n) is 9.59. The second-order valence-corrected chi connectivity index (χ2v) is 9.30. The average molecular weight is 367 g/mol. The molecule has 1 aromatic rings. The fraction of sp³-hybridized carbons (Fsp3) is 0.727. The third kappa shape index (κ3) is 6.66. The van der Waals surface area contributed by atoms with Gasteiger partial charge in [0.05, 0.1) is 11.2 Å². The number of benzene rings is 1. The van der Waals surface area contributed by atoms with Gasteiger partial charge in [0.15, 0.2) is 0 Å². The Morgan fingerprint density at radius 3 is 1.00 bits per heavy atom. The van der Waals surface area contributed by atoms with E-state index in [1.807, 2.05) is 55.4 Å². The average Bonchev–Trinajstić information content (AvgIpc) is 2.56. The summed E-state index contributed by atoms with van der Waals surface area (Å²) in [5.74, 6) is 0. The number of hydrogen-bond acceptors (Lipinski definition) is 4. The quantitative estimate of drug-likeness (QED) is 0.392. The van der Waals surface area contributed by atoms with Gasteiger partial charge in [0, 0.05) is 0 Å². The molecule has 150 valence electrons. The molecular formula is C22H38O4. The van der Waals surface area contributed by atoms with Crippen molar-refractivity contribution in [3.63, 3.8) is 0 Å². The molecule has 2 atom stereocenters. The van der Waals surface area contributed by atoms with Gasteiger partial charge in [0.25, 0.3) is 0 Å². The molecule has 0 aliphatic rings. The highest BCUT2D eigenvalue weighted by molar-refractivity contribution is 5.30. The molecule has 0 aromatic heterocycles. The molecule has 1 rings (SSSR count). The predicted octanol–water partition coefficient (Wildman–Crippen LogP) is 6.43. The lowest BCUT2D eigenvalue weighted by atomic mass is 9.88. The smallest absolute Gasteiger partial charge is 0.125 e. The third-order valence-corrected chi connectivity index (χ3v) is 4.41. The van der Waals surface area contributed by atoms with Gasteiger partial charge >= 0.3 is 0 Å². The minimum absolute atomic E-state index is 0.352. The SMILES string of the molecule is CCC(C)(OOC(C)(C)C)c1ccc(C(C)(CC)OOC(C)(C)C)cc1. The Labute approximate surface area is 160 Å². The normalized spacial score (nSPS) is 17.6. The van der Waals surface area contributed by atoms with E-state index in [-0.39, 0.29) is 11.2 Å². The minimum Gasteiger partial charge on any atom is -0.230 e. The molecule has 0 N–H and O–H groups in total. The van der Waals surface area contributed by atoms with E-state index in [4.69, 9.17) is 19.6 Å². The topological polar surface area (TPSA) is 36.9 Å². The van der Waals surface area contributed by atoms with E-state index in [1.54, 1.807) is 0 Å². The van der Waals surface area contributed by atoms with Crippen LogP contribution in [0.3, 0.4) is 0 Å². The predicted molar refractivity (Wildman–Crippen MR) is 106 cm³/mol. The Hall–Kier alpha value is -0.940. The van der Waals surface area contributed by atoms with Gasteiger partial charge < -0.3 is 0 Å². The maximum absolute atomic E-state index is 5.82. The molecule has 2 unspecified atom stereocenters. The van der Waals surface area contributed by atoms with Crippen LogP contribution in [0.15, 0.2) is 24.3 Å². The van der Waals surface area contributed by atoms with E-state index in [9.17, 15) is 0 Å². The molecule has 4 heteroatoms. The van der Waals surface area contributed by atoms with Crippen molar-refractivity contribution in [1.29, 1.82) is 0 Å². The van der Waals surface area contributed by atoms with Crippen LogP contribution < -0.4 is 0 Å². The van der Waals surface area contributed by atoms with Crippen molar-refractivity contribution in [2.24, 2.45) is 0 Å². The van der Waals surface area contributed by atoms with Gasteiger partial charge in [-0.25, -0.2) is 19.6 Å². The first kappa shape index (κ1) is 23.1. The molecule has 0 bridgehead atoms. The molecular weight excluding hydrogens is 328 g/mol. The molecule has 0 aliphatic heterocycles. The van der Waals surface area contributed by atoms with E-state index < -0.39 is 11.2 Å². The Bertz CT molecular complexity index is 502. The van der Waals surface area contributed by atoms with Crippen molar-refractivity contribution in [1.82, 2.24) is 0 Å². The minimum atomic E-state index is -0.503. The molecule has 1 aromatic carbocycles. The van der Waals surface area contributed by atoms with E-state index in [2.05, 4.69) is 38.1 Å². The summed E-state index contributed by atoms with van der Waals surface area (Å²) < 4.78 is 0. The first-order chi connectivity index (χ1) is 11.7. The van der Waals surface area contributed by atoms with Crippen LogP contribution in [-0.2, 0) is 30.8 Å². The van der Waals surface area contributed by atoms with Crippen LogP contribution in [0, 0.1) is 0 Å². The molecule has 0 saturated heterocycles. The second kappa shape index (κ2) is 8.39. The zero-order valence-electron chi connectivity index (χ0n) is 18.4. The highest BCUT2D eigenvalue weighted by Crippen LogP contribution is 2.35. The summed E-state index contributed by atoms with van der Waals surface area (Å²) in [6, 6.07) is 8.33.